The molecule has 1 aromatic carbocycles. The van der Waals surface area contributed by atoms with Crippen molar-refractivity contribution in [1.29, 1.82) is 0 Å². The van der Waals surface area contributed by atoms with Gasteiger partial charge in [0.25, 0.3) is 0 Å². The quantitative estimate of drug-likeness (QED) is 0.513. The minimum atomic E-state index is -0.674. The van der Waals surface area contributed by atoms with Crippen LogP contribution in [0.5, 0.6) is 11.5 Å². The molecule has 0 saturated carbocycles. The van der Waals surface area contributed by atoms with Crippen LogP contribution in [-0.2, 0) is 0 Å². The largest absolute Gasteiger partial charge is 0.502 e. The van der Waals surface area contributed by atoms with E-state index < -0.39 is 16.4 Å². The summed E-state index contributed by atoms with van der Waals surface area (Å²) in [6, 6.07) is 3.23. The highest BCUT2D eigenvalue weighted by molar-refractivity contribution is 14.1. The fraction of sp³-hybridized carbons (Fsp3) is 0.100. The second-order valence-corrected chi connectivity index (χ2v) is 4.42. The predicted octanol–water partition coefficient (Wildman–Crippen LogP) is 2.46. The highest BCUT2D eigenvalue weighted by Crippen LogP contribution is 2.36. The molecule has 0 spiro atoms. The van der Waals surface area contributed by atoms with Crippen molar-refractivity contribution in [3.8, 4) is 11.5 Å². The number of ether oxygens (including phenoxy) is 1. The molecule has 0 atom stereocenters. The average molecular weight is 346 g/mol. The molecule has 0 aliphatic rings. The lowest BCUT2D eigenvalue weighted by atomic mass is 10.2. The number of rotatable bonds is 2. The molecule has 1 aromatic heterocycles. The monoisotopic (exact) mass is 346 g/mol. The van der Waals surface area contributed by atoms with Crippen LogP contribution >= 0.6 is 22.6 Å². The highest BCUT2D eigenvalue weighted by Gasteiger charge is 2.18. The fourth-order valence-corrected chi connectivity index (χ4v) is 2.13. The van der Waals surface area contributed by atoms with Gasteiger partial charge in [0.2, 0.25) is 5.75 Å². The van der Waals surface area contributed by atoms with E-state index in [2.05, 4.69) is 27.6 Å². The first kappa shape index (κ1) is 11.8. The lowest BCUT2D eigenvalue weighted by Gasteiger charge is -2.06. The lowest BCUT2D eigenvalue weighted by molar-refractivity contribution is -0.386. The topological polar surface area (TPSA) is 85.5 Å². The molecule has 2 rings (SSSR count). The van der Waals surface area contributed by atoms with Crippen molar-refractivity contribution in [2.45, 2.75) is 0 Å². The van der Waals surface area contributed by atoms with Gasteiger partial charge in [0.15, 0.2) is 0 Å². The maximum Gasteiger partial charge on any atom is 0.329 e. The number of benzene rings is 1. The van der Waals surface area contributed by atoms with Gasteiger partial charge in [-0.3, -0.25) is 10.1 Å². The van der Waals surface area contributed by atoms with E-state index in [4.69, 9.17) is 4.74 Å². The van der Waals surface area contributed by atoms with Gasteiger partial charge in [-0.05, 0) is 34.7 Å². The van der Waals surface area contributed by atoms with E-state index in [1.165, 1.54) is 13.2 Å². The van der Waals surface area contributed by atoms with E-state index in [0.29, 0.717) is 16.7 Å². The van der Waals surface area contributed by atoms with Crippen molar-refractivity contribution in [2.24, 2.45) is 0 Å². The van der Waals surface area contributed by atoms with E-state index in [9.17, 15) is 15.2 Å². The molecule has 0 fully saturated rings. The first-order valence-corrected chi connectivity index (χ1v) is 5.62. The molecule has 0 bridgehead atoms. The lowest BCUT2D eigenvalue weighted by Crippen LogP contribution is -1.93. The summed E-state index contributed by atoms with van der Waals surface area (Å²) >= 11 is 2.06. The SMILES string of the molecule is COc1cc2c(O)c([N+](=O)[O-])cnc2cc1I. The number of pyridine rings is 1. The Morgan fingerprint density at radius 3 is 2.82 bits per heavy atom. The minimum Gasteiger partial charge on any atom is -0.502 e. The molecule has 2 aromatic rings. The van der Waals surface area contributed by atoms with Gasteiger partial charge in [0, 0.05) is 0 Å². The number of hydrogen-bond donors (Lipinski definition) is 1. The van der Waals surface area contributed by atoms with Crippen LogP contribution in [0.4, 0.5) is 5.69 Å². The zero-order valence-electron chi connectivity index (χ0n) is 8.68. The summed E-state index contributed by atoms with van der Waals surface area (Å²) in [7, 11) is 1.49. The summed E-state index contributed by atoms with van der Waals surface area (Å²) in [5, 5.41) is 20.8. The van der Waals surface area contributed by atoms with Crippen LogP contribution in [0.3, 0.4) is 0 Å². The van der Waals surface area contributed by atoms with Gasteiger partial charge in [-0.1, -0.05) is 0 Å². The van der Waals surface area contributed by atoms with Gasteiger partial charge in [0.1, 0.15) is 11.9 Å². The Balaban J connectivity index is 2.80. The van der Waals surface area contributed by atoms with Crippen molar-refractivity contribution in [1.82, 2.24) is 4.98 Å². The van der Waals surface area contributed by atoms with Crippen LogP contribution in [0, 0.1) is 13.7 Å². The zero-order valence-corrected chi connectivity index (χ0v) is 10.8. The number of nitrogens with zero attached hydrogens (tertiary/aromatic N) is 2. The second kappa shape index (κ2) is 4.32. The maximum absolute atomic E-state index is 10.7. The molecule has 0 amide bonds. The normalized spacial score (nSPS) is 10.5. The summed E-state index contributed by atoms with van der Waals surface area (Å²) in [6.07, 6.45) is 1.04. The van der Waals surface area contributed by atoms with E-state index >= 15 is 0 Å². The van der Waals surface area contributed by atoms with Gasteiger partial charge in [-0.25, -0.2) is 4.98 Å². The molecule has 1 N–H and O–H groups in total. The number of aromatic nitrogens is 1. The minimum absolute atomic E-state index is 0.302. The first-order valence-electron chi connectivity index (χ1n) is 4.54. The van der Waals surface area contributed by atoms with Crippen molar-refractivity contribution in [2.75, 3.05) is 7.11 Å². The Morgan fingerprint density at radius 2 is 2.24 bits per heavy atom. The number of halogens is 1. The molecule has 0 radical (unpaired) electrons. The molecule has 0 aliphatic heterocycles. The first-order chi connectivity index (χ1) is 8.04. The third-order valence-electron chi connectivity index (χ3n) is 2.29. The fourth-order valence-electron chi connectivity index (χ4n) is 1.46. The summed E-state index contributed by atoms with van der Waals surface area (Å²) in [5.41, 5.74) is 0.0686. The number of fused-ring (bicyclic) bond motifs is 1. The highest BCUT2D eigenvalue weighted by atomic mass is 127. The number of hydrogen-bond acceptors (Lipinski definition) is 5. The average Bonchev–Trinajstić information content (AvgIpc) is 2.28. The van der Waals surface area contributed by atoms with Crippen molar-refractivity contribution < 1.29 is 14.8 Å². The Bertz CT molecular complexity index is 615. The molecule has 17 heavy (non-hydrogen) atoms. The van der Waals surface area contributed by atoms with E-state index in [0.717, 1.165) is 9.77 Å². The molecular formula is C10H7IN2O4. The van der Waals surface area contributed by atoms with Gasteiger partial charge in [-0.2, -0.15) is 0 Å². The molecule has 6 nitrogen and oxygen atoms in total. The number of nitro groups is 1. The Labute approximate surface area is 110 Å². The van der Waals surface area contributed by atoms with Crippen LogP contribution in [0.1, 0.15) is 0 Å². The second-order valence-electron chi connectivity index (χ2n) is 3.25. The van der Waals surface area contributed by atoms with Crippen LogP contribution < -0.4 is 4.74 Å². The Hall–Kier alpha value is -1.64. The van der Waals surface area contributed by atoms with Crippen LogP contribution in [0.2, 0.25) is 0 Å². The predicted molar refractivity (Wildman–Crippen MR) is 69.3 cm³/mol. The van der Waals surface area contributed by atoms with Crippen LogP contribution in [-0.4, -0.2) is 22.1 Å². The smallest absolute Gasteiger partial charge is 0.329 e. The van der Waals surface area contributed by atoms with E-state index in [1.54, 1.807) is 6.07 Å². The van der Waals surface area contributed by atoms with Gasteiger partial charge in [-0.15, -0.1) is 0 Å². The van der Waals surface area contributed by atoms with E-state index in [1.807, 2.05) is 0 Å². The van der Waals surface area contributed by atoms with Crippen molar-refractivity contribution in [3.05, 3.63) is 32.0 Å². The Morgan fingerprint density at radius 1 is 1.53 bits per heavy atom. The molecule has 0 aliphatic carbocycles. The maximum atomic E-state index is 10.7. The van der Waals surface area contributed by atoms with Gasteiger partial charge < -0.3 is 9.84 Å². The van der Waals surface area contributed by atoms with E-state index in [-0.39, 0.29) is 0 Å². The summed E-state index contributed by atoms with van der Waals surface area (Å²) in [6.45, 7) is 0. The third kappa shape index (κ3) is 1.97. The van der Waals surface area contributed by atoms with Crippen molar-refractivity contribution in [3.63, 3.8) is 0 Å². The van der Waals surface area contributed by atoms with Crippen molar-refractivity contribution >= 4 is 39.2 Å². The number of aromatic hydroxyl groups is 1. The molecular weight excluding hydrogens is 339 g/mol. The Kier molecular flexibility index (Phi) is 3.01. The molecule has 1 heterocycles. The van der Waals surface area contributed by atoms with Gasteiger partial charge in [0.05, 0.1) is 26.5 Å². The summed E-state index contributed by atoms with van der Waals surface area (Å²) in [4.78, 5) is 13.9. The molecule has 7 heteroatoms. The van der Waals surface area contributed by atoms with Crippen LogP contribution in [0.25, 0.3) is 10.9 Å². The van der Waals surface area contributed by atoms with Crippen LogP contribution in [0.15, 0.2) is 18.3 Å². The molecule has 88 valence electrons. The van der Waals surface area contributed by atoms with Gasteiger partial charge >= 0.3 is 5.69 Å². The zero-order chi connectivity index (χ0) is 12.6. The number of methoxy groups -OCH3 is 1. The molecule has 0 saturated heterocycles. The molecule has 0 unspecified atom stereocenters. The summed E-state index contributed by atoms with van der Waals surface area (Å²) in [5.74, 6) is 0.144. The standard InChI is InChI=1S/C10H7IN2O4/c1-17-9-2-5-7(3-6(9)11)12-4-8(10(5)14)13(15)16/h2-4H,1H3,(H,12,14). The third-order valence-corrected chi connectivity index (χ3v) is 3.13. The summed E-state index contributed by atoms with van der Waals surface area (Å²) < 4.78 is 5.91.